The summed E-state index contributed by atoms with van der Waals surface area (Å²) in [6, 6.07) is 0. The number of hydrogen-bond donors (Lipinski definition) is 2. The second-order valence-corrected chi connectivity index (χ2v) is 5.10. The second kappa shape index (κ2) is 9.29. The summed E-state index contributed by atoms with van der Waals surface area (Å²) in [6.07, 6.45) is 0. The molecule has 0 rings (SSSR count). The van der Waals surface area contributed by atoms with Crippen LogP contribution in [0.1, 0.15) is 0 Å². The van der Waals surface area contributed by atoms with Gasteiger partial charge in [0.1, 0.15) is 11.5 Å². The number of rotatable bonds is 4. The number of hydrogen-bond acceptors (Lipinski definition) is 8. The van der Waals surface area contributed by atoms with Crippen LogP contribution in [0.3, 0.4) is 0 Å². The molecule has 17 heavy (non-hydrogen) atoms. The first kappa shape index (κ1) is 22.5. The fraction of sp³-hybridized carbons (Fsp3) is 0.500. The smallest absolute Gasteiger partial charge is 0.549 e. The second-order valence-electron chi connectivity index (χ2n) is 2.20. The molecule has 0 unspecified atom stereocenters. The first-order valence-corrected chi connectivity index (χ1v) is 6.35. The zero-order valence-corrected chi connectivity index (χ0v) is 14.2. The molecule has 0 radical (unpaired) electrons. The molecule has 0 saturated heterocycles. The summed E-state index contributed by atoms with van der Waals surface area (Å²) in [7, 11) is -8.77. The molecule has 0 aliphatic heterocycles. The van der Waals surface area contributed by atoms with Crippen LogP contribution in [-0.4, -0.2) is 98.3 Å². The van der Waals surface area contributed by atoms with Gasteiger partial charge in [-0.1, -0.05) is 0 Å². The first-order chi connectivity index (χ1) is 6.83. The van der Waals surface area contributed by atoms with Crippen LogP contribution < -0.4 is 10.2 Å². The van der Waals surface area contributed by atoms with Gasteiger partial charge in [-0.3, -0.25) is 9.11 Å². The summed E-state index contributed by atoms with van der Waals surface area (Å²) in [5, 5.41) is 18.7. The zero-order valence-electron chi connectivity index (χ0n) is 8.10. The van der Waals surface area contributed by atoms with E-state index in [1.807, 2.05) is 0 Å². The Kier molecular flexibility index (Phi) is 12.3. The van der Waals surface area contributed by atoms with E-state index in [0.717, 1.165) is 0 Å². The third-order valence-electron chi connectivity index (χ3n) is 0.601. The molecule has 0 aliphatic carbocycles. The molecule has 0 atom stereocenters. The first-order valence-electron chi connectivity index (χ1n) is 3.13. The van der Waals surface area contributed by atoms with Gasteiger partial charge in [-0.25, -0.2) is 0 Å². The van der Waals surface area contributed by atoms with Crippen LogP contribution in [0.2, 0.25) is 0 Å². The maximum Gasteiger partial charge on any atom is 2.00 e. The van der Waals surface area contributed by atoms with E-state index in [1.54, 1.807) is 0 Å². The Morgan fingerprint density at radius 3 is 1.00 bits per heavy atom. The maximum atomic E-state index is 9.58. The van der Waals surface area contributed by atoms with E-state index in [9.17, 15) is 36.6 Å². The third-order valence-corrected chi connectivity index (χ3v) is 1.80. The van der Waals surface area contributed by atoms with Gasteiger partial charge in [-0.15, -0.1) is 0 Å². The maximum absolute atomic E-state index is 9.58. The zero-order chi connectivity index (χ0) is 13.6. The number of carboxylic acid groups (broad SMARTS) is 2. The van der Waals surface area contributed by atoms with Crippen LogP contribution in [0, 0.1) is 0 Å². The van der Waals surface area contributed by atoms with Crippen LogP contribution in [0.15, 0.2) is 0 Å². The van der Waals surface area contributed by atoms with Crippen LogP contribution in [-0.2, 0) is 29.8 Å². The van der Waals surface area contributed by atoms with Crippen molar-refractivity contribution >= 4 is 81.1 Å². The van der Waals surface area contributed by atoms with E-state index >= 15 is 0 Å². The normalized spacial score (nSPS) is 10.5. The monoisotopic (exact) mass is 416 g/mol. The summed E-state index contributed by atoms with van der Waals surface area (Å²) < 4.78 is 53.8. The molecule has 0 bridgehead atoms. The average Bonchev–Trinajstić information content (AvgIpc) is 1.72. The number of carbonyl (C=O) groups is 2. The molecule has 2 N–H and O–H groups in total. The Bertz CT molecular complexity index is 403. The molecule has 10 nitrogen and oxygen atoms in total. The van der Waals surface area contributed by atoms with Crippen LogP contribution in [0.25, 0.3) is 0 Å². The minimum atomic E-state index is -4.39. The molecule has 0 aromatic heterocycles. The van der Waals surface area contributed by atoms with E-state index in [0.29, 0.717) is 0 Å². The van der Waals surface area contributed by atoms with Crippen molar-refractivity contribution in [1.29, 1.82) is 0 Å². The molecule has 0 amide bonds. The molecule has 0 aliphatic rings. The minimum absolute atomic E-state index is 0. The predicted molar refractivity (Wildman–Crippen MR) is 48.6 cm³/mol. The van der Waals surface area contributed by atoms with E-state index in [4.69, 9.17) is 9.11 Å². The Morgan fingerprint density at radius 2 is 1.00 bits per heavy atom. The Morgan fingerprint density at radius 1 is 0.824 bits per heavy atom. The standard InChI is InChI=1S/2C2H4O5S.Ba/c2*3-2(4)1-8(5,6)7;/h2*1H2,(H,3,4)(H,5,6,7);/q;;+2/p-2. The predicted octanol–water partition coefficient (Wildman–Crippen LogP) is -5.13. The quantitative estimate of drug-likeness (QED) is 0.332. The molecule has 13 heteroatoms. The molecule has 0 aromatic rings. The number of aliphatic carboxylic acids is 2. The topological polar surface area (TPSA) is 189 Å². The average molecular weight is 416 g/mol. The Balaban J connectivity index is -0.000000218. The van der Waals surface area contributed by atoms with E-state index in [1.165, 1.54) is 0 Å². The van der Waals surface area contributed by atoms with Crippen molar-refractivity contribution in [1.82, 2.24) is 0 Å². The van der Waals surface area contributed by atoms with Gasteiger partial charge in [0.2, 0.25) is 0 Å². The van der Waals surface area contributed by atoms with E-state index < -0.39 is 43.7 Å². The number of carbonyl (C=O) groups excluding carboxylic acids is 2. The van der Waals surface area contributed by atoms with Gasteiger partial charge in [0.05, 0.1) is 11.9 Å². The van der Waals surface area contributed by atoms with Crippen molar-refractivity contribution in [2.75, 3.05) is 11.5 Å². The van der Waals surface area contributed by atoms with Crippen molar-refractivity contribution in [3.05, 3.63) is 0 Å². The van der Waals surface area contributed by atoms with Crippen LogP contribution in [0.5, 0.6) is 0 Å². The van der Waals surface area contributed by atoms with Gasteiger partial charge in [0.15, 0.2) is 0 Å². The largest absolute Gasteiger partial charge is 2.00 e. The molecule has 0 aromatic carbocycles. The molecular formula is C4H6BaO10S2. The number of carboxylic acids is 2. The summed E-state index contributed by atoms with van der Waals surface area (Å²) in [4.78, 5) is 18.7. The molecular weight excluding hydrogens is 409 g/mol. The Hall–Kier alpha value is 0.331. The van der Waals surface area contributed by atoms with Gasteiger partial charge in [0, 0.05) is 0 Å². The van der Waals surface area contributed by atoms with Gasteiger partial charge in [-0.2, -0.15) is 16.8 Å². The van der Waals surface area contributed by atoms with Gasteiger partial charge in [0.25, 0.3) is 20.2 Å². The van der Waals surface area contributed by atoms with Crippen LogP contribution in [0.4, 0.5) is 0 Å². The van der Waals surface area contributed by atoms with Crippen molar-refractivity contribution in [2.24, 2.45) is 0 Å². The Labute approximate surface area is 137 Å². The van der Waals surface area contributed by atoms with Crippen molar-refractivity contribution in [3.63, 3.8) is 0 Å². The van der Waals surface area contributed by atoms with Gasteiger partial charge >= 0.3 is 48.9 Å². The third kappa shape index (κ3) is 31.4. The fourth-order valence-corrected chi connectivity index (χ4v) is 0.894. The van der Waals surface area contributed by atoms with Gasteiger partial charge in [-0.05, 0) is 0 Å². The van der Waals surface area contributed by atoms with Crippen molar-refractivity contribution in [3.8, 4) is 0 Å². The molecule has 0 spiro atoms. The molecule has 96 valence electrons. The molecule has 0 heterocycles. The van der Waals surface area contributed by atoms with E-state index in [2.05, 4.69) is 0 Å². The van der Waals surface area contributed by atoms with E-state index in [-0.39, 0.29) is 48.9 Å². The van der Waals surface area contributed by atoms with Crippen molar-refractivity contribution < 1.29 is 45.7 Å². The summed E-state index contributed by atoms with van der Waals surface area (Å²) in [5.74, 6) is -6.31. The summed E-state index contributed by atoms with van der Waals surface area (Å²) in [5.41, 5.74) is 0. The SMILES string of the molecule is O=C([O-])CS(=O)(=O)O.O=C([O-])CS(=O)(=O)O.[Ba+2]. The van der Waals surface area contributed by atoms with Crippen molar-refractivity contribution in [2.45, 2.75) is 0 Å². The van der Waals surface area contributed by atoms with Gasteiger partial charge < -0.3 is 19.8 Å². The van der Waals surface area contributed by atoms with Crippen LogP contribution >= 0.6 is 0 Å². The summed E-state index contributed by atoms with van der Waals surface area (Å²) >= 11 is 0. The fourth-order valence-electron chi connectivity index (χ4n) is 0.298. The molecule has 0 fully saturated rings. The molecule has 0 saturated carbocycles. The minimum Gasteiger partial charge on any atom is -0.549 e. The summed E-state index contributed by atoms with van der Waals surface area (Å²) in [6.45, 7) is 0.